The first-order valence-electron chi connectivity index (χ1n) is 6.33. The van der Waals surface area contributed by atoms with E-state index in [9.17, 15) is 0 Å². The monoisotopic (exact) mass is 235 g/mol. The molecule has 2 unspecified atom stereocenters. The van der Waals surface area contributed by atoms with Gasteiger partial charge >= 0.3 is 0 Å². The minimum absolute atomic E-state index is 0.320. The predicted molar refractivity (Wildman–Crippen MR) is 68.3 cm³/mol. The predicted octanol–water partition coefficient (Wildman–Crippen LogP) is 2.38. The molecular weight excluding hydrogens is 214 g/mol. The van der Waals surface area contributed by atoms with Crippen LogP contribution in [0.2, 0.25) is 0 Å². The largest absolute Gasteiger partial charge is 0.494 e. The molecule has 1 N–H and O–H groups in total. The molecule has 0 amide bonds. The second-order valence-electron chi connectivity index (χ2n) is 4.36. The minimum atomic E-state index is 0.320. The van der Waals surface area contributed by atoms with E-state index in [1.807, 2.05) is 26.1 Å². The summed E-state index contributed by atoms with van der Waals surface area (Å²) in [5.74, 6) is 1.53. The van der Waals surface area contributed by atoms with Crippen LogP contribution >= 0.6 is 0 Å². The fourth-order valence-corrected chi connectivity index (χ4v) is 2.49. The molecule has 0 aliphatic carbocycles. The quantitative estimate of drug-likeness (QED) is 0.850. The fourth-order valence-electron chi connectivity index (χ4n) is 2.49. The van der Waals surface area contributed by atoms with Gasteiger partial charge in [-0.25, -0.2) is 0 Å². The van der Waals surface area contributed by atoms with Crippen molar-refractivity contribution >= 4 is 0 Å². The molecule has 2 rings (SSSR count). The molecule has 1 saturated heterocycles. The van der Waals surface area contributed by atoms with Crippen LogP contribution in [-0.4, -0.2) is 26.9 Å². The summed E-state index contributed by atoms with van der Waals surface area (Å²) in [6.45, 7) is 4.43. The van der Waals surface area contributed by atoms with Crippen LogP contribution in [0.25, 0.3) is 0 Å². The van der Waals surface area contributed by atoms with Crippen LogP contribution in [0.15, 0.2) is 24.3 Å². The Balaban J connectivity index is 2.22. The highest BCUT2D eigenvalue weighted by Crippen LogP contribution is 2.33. The number of rotatable bonds is 5. The van der Waals surface area contributed by atoms with Gasteiger partial charge in [-0.3, -0.25) is 0 Å². The highest BCUT2D eigenvalue weighted by molar-refractivity contribution is 5.36. The van der Waals surface area contributed by atoms with Crippen LogP contribution in [0.5, 0.6) is 5.75 Å². The van der Waals surface area contributed by atoms with Crippen LogP contribution in [-0.2, 0) is 4.74 Å². The van der Waals surface area contributed by atoms with Gasteiger partial charge in [0.05, 0.1) is 13.2 Å². The smallest absolute Gasteiger partial charge is 0.124 e. The average molecular weight is 235 g/mol. The third-order valence-corrected chi connectivity index (χ3v) is 3.30. The third-order valence-electron chi connectivity index (χ3n) is 3.30. The minimum Gasteiger partial charge on any atom is -0.494 e. The van der Waals surface area contributed by atoms with Crippen LogP contribution in [0.4, 0.5) is 0 Å². The van der Waals surface area contributed by atoms with E-state index in [2.05, 4.69) is 17.4 Å². The van der Waals surface area contributed by atoms with Gasteiger partial charge in [-0.15, -0.1) is 0 Å². The maximum Gasteiger partial charge on any atom is 0.124 e. The van der Waals surface area contributed by atoms with Gasteiger partial charge in [0.15, 0.2) is 0 Å². The molecule has 17 heavy (non-hydrogen) atoms. The van der Waals surface area contributed by atoms with Crippen LogP contribution < -0.4 is 10.1 Å². The molecule has 1 aromatic carbocycles. The zero-order chi connectivity index (χ0) is 12.1. The first kappa shape index (κ1) is 12.4. The number of para-hydroxylation sites is 1. The first-order valence-corrected chi connectivity index (χ1v) is 6.33. The van der Waals surface area contributed by atoms with Crippen molar-refractivity contribution < 1.29 is 9.47 Å². The highest BCUT2D eigenvalue weighted by atomic mass is 16.5. The molecule has 1 aromatic rings. The van der Waals surface area contributed by atoms with E-state index in [0.29, 0.717) is 18.6 Å². The van der Waals surface area contributed by atoms with Crippen molar-refractivity contribution in [2.75, 3.05) is 26.9 Å². The van der Waals surface area contributed by atoms with Crippen molar-refractivity contribution in [3.8, 4) is 5.75 Å². The van der Waals surface area contributed by atoms with Crippen LogP contribution in [0.3, 0.4) is 0 Å². The van der Waals surface area contributed by atoms with Crippen molar-refractivity contribution in [1.29, 1.82) is 0 Å². The molecule has 0 aromatic heterocycles. The average Bonchev–Trinajstić information content (AvgIpc) is 2.86. The molecule has 2 atom stereocenters. The van der Waals surface area contributed by atoms with Crippen molar-refractivity contribution in [3.05, 3.63) is 29.8 Å². The van der Waals surface area contributed by atoms with E-state index in [1.165, 1.54) is 5.56 Å². The molecule has 94 valence electrons. The Morgan fingerprint density at radius 3 is 2.94 bits per heavy atom. The lowest BCUT2D eigenvalue weighted by Gasteiger charge is -2.24. The summed E-state index contributed by atoms with van der Waals surface area (Å²) in [5, 5.41) is 3.40. The summed E-state index contributed by atoms with van der Waals surface area (Å²) in [7, 11) is 2.01. The SMILES string of the molecule is CCOc1ccccc1C(NC)C1CCOC1. The number of hydrogen-bond acceptors (Lipinski definition) is 3. The summed E-state index contributed by atoms with van der Waals surface area (Å²) in [5.41, 5.74) is 1.24. The van der Waals surface area contributed by atoms with Crippen LogP contribution in [0, 0.1) is 5.92 Å². The molecule has 1 aliphatic heterocycles. The Kier molecular flexibility index (Phi) is 4.40. The van der Waals surface area contributed by atoms with E-state index in [0.717, 1.165) is 25.4 Å². The number of ether oxygens (including phenoxy) is 2. The number of hydrogen-bond donors (Lipinski definition) is 1. The molecular formula is C14H21NO2. The van der Waals surface area contributed by atoms with Gasteiger partial charge in [0, 0.05) is 24.1 Å². The fraction of sp³-hybridized carbons (Fsp3) is 0.571. The van der Waals surface area contributed by atoms with Crippen molar-refractivity contribution in [1.82, 2.24) is 5.32 Å². The first-order chi connectivity index (χ1) is 8.36. The van der Waals surface area contributed by atoms with Gasteiger partial charge in [-0.1, -0.05) is 18.2 Å². The lowest BCUT2D eigenvalue weighted by Crippen LogP contribution is -2.26. The number of benzene rings is 1. The van der Waals surface area contributed by atoms with Gasteiger partial charge in [-0.05, 0) is 26.5 Å². The Morgan fingerprint density at radius 1 is 1.47 bits per heavy atom. The van der Waals surface area contributed by atoms with E-state index in [-0.39, 0.29) is 0 Å². The van der Waals surface area contributed by atoms with Crippen molar-refractivity contribution in [3.63, 3.8) is 0 Å². The summed E-state index contributed by atoms with van der Waals surface area (Å²) in [4.78, 5) is 0. The normalized spacial score (nSPS) is 21.4. The van der Waals surface area contributed by atoms with Crippen molar-refractivity contribution in [2.24, 2.45) is 5.92 Å². The van der Waals surface area contributed by atoms with Crippen LogP contribution in [0.1, 0.15) is 24.9 Å². The van der Waals surface area contributed by atoms with Gasteiger partial charge < -0.3 is 14.8 Å². The zero-order valence-corrected chi connectivity index (χ0v) is 10.6. The summed E-state index contributed by atoms with van der Waals surface area (Å²) in [6, 6.07) is 8.59. The Bertz CT molecular complexity index is 348. The van der Waals surface area contributed by atoms with Gasteiger partial charge in [-0.2, -0.15) is 0 Å². The standard InChI is InChI=1S/C14H21NO2/c1-3-17-13-7-5-4-6-12(13)14(15-2)11-8-9-16-10-11/h4-7,11,14-15H,3,8-10H2,1-2H3. The summed E-state index contributed by atoms with van der Waals surface area (Å²) < 4.78 is 11.2. The third kappa shape index (κ3) is 2.79. The van der Waals surface area contributed by atoms with E-state index in [4.69, 9.17) is 9.47 Å². The maximum absolute atomic E-state index is 5.70. The van der Waals surface area contributed by atoms with E-state index < -0.39 is 0 Å². The highest BCUT2D eigenvalue weighted by Gasteiger charge is 2.27. The zero-order valence-electron chi connectivity index (χ0n) is 10.6. The second-order valence-corrected chi connectivity index (χ2v) is 4.36. The summed E-state index contributed by atoms with van der Waals surface area (Å²) >= 11 is 0. The lowest BCUT2D eigenvalue weighted by atomic mass is 9.92. The molecule has 1 heterocycles. The van der Waals surface area contributed by atoms with E-state index in [1.54, 1.807) is 0 Å². The van der Waals surface area contributed by atoms with Gasteiger partial charge in [0.1, 0.15) is 5.75 Å². The number of nitrogens with one attached hydrogen (secondary N) is 1. The second kappa shape index (κ2) is 6.03. The molecule has 0 bridgehead atoms. The Hall–Kier alpha value is -1.06. The summed E-state index contributed by atoms with van der Waals surface area (Å²) in [6.07, 6.45) is 1.12. The molecule has 0 radical (unpaired) electrons. The maximum atomic E-state index is 5.70. The Labute approximate surface area is 103 Å². The molecule has 0 spiro atoms. The lowest BCUT2D eigenvalue weighted by molar-refractivity contribution is 0.177. The molecule has 1 fully saturated rings. The molecule has 1 aliphatic rings. The molecule has 3 nitrogen and oxygen atoms in total. The van der Waals surface area contributed by atoms with Gasteiger partial charge in [0.2, 0.25) is 0 Å². The Morgan fingerprint density at radius 2 is 2.29 bits per heavy atom. The van der Waals surface area contributed by atoms with Crippen molar-refractivity contribution in [2.45, 2.75) is 19.4 Å². The van der Waals surface area contributed by atoms with E-state index >= 15 is 0 Å². The topological polar surface area (TPSA) is 30.5 Å². The molecule has 0 saturated carbocycles. The molecule has 3 heteroatoms. The van der Waals surface area contributed by atoms with Gasteiger partial charge in [0.25, 0.3) is 0 Å².